The standard InChI is InChI=1S/C26H27N3O3S/c1-4-5-6-15-32-21-13-11-20(16-22(21)31-3)17-23-25(30)29-26(33-23)27-24(28-29)14-12-19-9-7-18(2)8-10-19/h7-14,16-17H,4-6,15H2,1-3H3. The molecular weight excluding hydrogens is 434 g/mol. The highest BCUT2D eigenvalue weighted by Gasteiger charge is 2.10. The van der Waals surface area contributed by atoms with Gasteiger partial charge in [-0.3, -0.25) is 4.79 Å². The molecule has 0 fully saturated rings. The monoisotopic (exact) mass is 461 g/mol. The van der Waals surface area contributed by atoms with Crippen molar-refractivity contribution in [3.8, 4) is 11.5 Å². The van der Waals surface area contributed by atoms with Crippen LogP contribution in [0.25, 0.3) is 23.2 Å². The van der Waals surface area contributed by atoms with Gasteiger partial charge in [-0.05, 0) is 48.8 Å². The Morgan fingerprint density at radius 2 is 1.82 bits per heavy atom. The molecule has 0 bridgehead atoms. The first-order valence-corrected chi connectivity index (χ1v) is 11.9. The second-order valence-corrected chi connectivity index (χ2v) is 8.80. The SMILES string of the molecule is CCCCCOc1ccc(C=c2sc3nc(C=Cc4ccc(C)cc4)nn3c2=O)cc1OC. The van der Waals surface area contributed by atoms with Crippen LogP contribution in [0.3, 0.4) is 0 Å². The van der Waals surface area contributed by atoms with E-state index in [-0.39, 0.29) is 5.56 Å². The van der Waals surface area contributed by atoms with Crippen molar-refractivity contribution < 1.29 is 9.47 Å². The van der Waals surface area contributed by atoms with E-state index in [1.807, 2.05) is 48.6 Å². The molecule has 2 heterocycles. The van der Waals surface area contributed by atoms with Crippen molar-refractivity contribution in [3.63, 3.8) is 0 Å². The summed E-state index contributed by atoms with van der Waals surface area (Å²) in [4.78, 5) is 17.9. The first-order chi connectivity index (χ1) is 16.1. The number of aromatic nitrogens is 3. The Labute approximate surface area is 196 Å². The molecule has 6 nitrogen and oxygen atoms in total. The molecule has 2 aromatic carbocycles. The Morgan fingerprint density at radius 3 is 2.55 bits per heavy atom. The second kappa shape index (κ2) is 10.4. The molecule has 0 amide bonds. The number of fused-ring (bicyclic) bond motifs is 1. The van der Waals surface area contributed by atoms with Gasteiger partial charge in [-0.1, -0.05) is 73.1 Å². The maximum Gasteiger partial charge on any atom is 0.291 e. The molecule has 0 aliphatic heterocycles. The van der Waals surface area contributed by atoms with Gasteiger partial charge in [0.1, 0.15) is 0 Å². The third-order valence-corrected chi connectivity index (χ3v) is 6.15. The van der Waals surface area contributed by atoms with Crippen LogP contribution in [0.5, 0.6) is 11.5 Å². The van der Waals surface area contributed by atoms with E-state index in [2.05, 4.69) is 36.1 Å². The minimum atomic E-state index is -0.184. The summed E-state index contributed by atoms with van der Waals surface area (Å²) in [6.45, 7) is 4.87. The number of ether oxygens (including phenoxy) is 2. The van der Waals surface area contributed by atoms with Crippen LogP contribution >= 0.6 is 11.3 Å². The van der Waals surface area contributed by atoms with E-state index in [1.165, 1.54) is 21.4 Å². The Bertz CT molecular complexity index is 1370. The Balaban J connectivity index is 1.55. The number of unbranched alkanes of at least 4 members (excludes halogenated alkanes) is 2. The minimum Gasteiger partial charge on any atom is -0.493 e. The topological polar surface area (TPSA) is 65.7 Å². The number of aryl methyl sites for hydroxylation is 1. The maximum absolute atomic E-state index is 12.8. The molecule has 7 heteroatoms. The molecule has 2 aromatic heterocycles. The molecule has 0 unspecified atom stereocenters. The fraction of sp³-hybridized carbons (Fsp3) is 0.269. The number of benzene rings is 2. The number of thiazole rings is 1. The van der Waals surface area contributed by atoms with Crippen molar-refractivity contribution in [1.29, 1.82) is 0 Å². The minimum absolute atomic E-state index is 0.184. The number of rotatable bonds is 9. The Morgan fingerprint density at radius 1 is 1.03 bits per heavy atom. The average Bonchev–Trinajstić information content (AvgIpc) is 3.35. The van der Waals surface area contributed by atoms with Gasteiger partial charge in [-0.15, -0.1) is 5.10 Å². The molecule has 0 N–H and O–H groups in total. The van der Waals surface area contributed by atoms with E-state index in [0.717, 1.165) is 30.4 Å². The van der Waals surface area contributed by atoms with Crippen LogP contribution in [0.2, 0.25) is 0 Å². The molecule has 4 rings (SSSR count). The summed E-state index contributed by atoms with van der Waals surface area (Å²) in [5, 5.41) is 4.36. The van der Waals surface area contributed by atoms with Crippen LogP contribution in [-0.4, -0.2) is 28.3 Å². The molecule has 0 radical (unpaired) electrons. The van der Waals surface area contributed by atoms with Gasteiger partial charge < -0.3 is 9.47 Å². The van der Waals surface area contributed by atoms with Crippen molar-refractivity contribution in [1.82, 2.24) is 14.6 Å². The number of hydrogen-bond acceptors (Lipinski definition) is 6. The van der Waals surface area contributed by atoms with Crippen LogP contribution in [0.4, 0.5) is 0 Å². The van der Waals surface area contributed by atoms with Crippen LogP contribution < -0.4 is 19.6 Å². The van der Waals surface area contributed by atoms with Gasteiger partial charge in [0.05, 0.1) is 18.2 Å². The van der Waals surface area contributed by atoms with E-state index in [0.29, 0.717) is 33.4 Å². The van der Waals surface area contributed by atoms with Crippen molar-refractivity contribution in [3.05, 3.63) is 79.9 Å². The highest BCUT2D eigenvalue weighted by atomic mass is 32.1. The van der Waals surface area contributed by atoms with Gasteiger partial charge in [0.2, 0.25) is 4.96 Å². The van der Waals surface area contributed by atoms with Crippen molar-refractivity contribution in [2.75, 3.05) is 13.7 Å². The van der Waals surface area contributed by atoms with E-state index in [9.17, 15) is 4.79 Å². The molecule has 33 heavy (non-hydrogen) atoms. The number of hydrogen-bond donors (Lipinski definition) is 0. The molecule has 0 saturated heterocycles. The Kier molecular flexibility index (Phi) is 7.19. The predicted molar refractivity (Wildman–Crippen MR) is 134 cm³/mol. The summed E-state index contributed by atoms with van der Waals surface area (Å²) in [6, 6.07) is 13.8. The lowest BCUT2D eigenvalue weighted by atomic mass is 10.1. The van der Waals surface area contributed by atoms with Gasteiger partial charge in [-0.2, -0.15) is 9.50 Å². The lowest BCUT2D eigenvalue weighted by molar-refractivity contribution is 0.286. The summed E-state index contributed by atoms with van der Waals surface area (Å²) in [7, 11) is 1.62. The van der Waals surface area contributed by atoms with Crippen LogP contribution in [0, 0.1) is 6.92 Å². The zero-order chi connectivity index (χ0) is 23.2. The highest BCUT2D eigenvalue weighted by Crippen LogP contribution is 2.28. The second-order valence-electron chi connectivity index (χ2n) is 7.79. The Hall–Kier alpha value is -3.45. The normalized spacial score (nSPS) is 12.2. The van der Waals surface area contributed by atoms with Gasteiger partial charge in [0, 0.05) is 0 Å². The van der Waals surface area contributed by atoms with Crippen molar-refractivity contribution >= 4 is 34.5 Å². The molecule has 4 aromatic rings. The third kappa shape index (κ3) is 5.49. The molecule has 0 saturated carbocycles. The largest absolute Gasteiger partial charge is 0.493 e. The first kappa shape index (κ1) is 22.7. The summed E-state index contributed by atoms with van der Waals surface area (Å²) < 4.78 is 13.2. The van der Waals surface area contributed by atoms with Crippen molar-refractivity contribution in [2.24, 2.45) is 0 Å². The van der Waals surface area contributed by atoms with E-state index in [4.69, 9.17) is 9.47 Å². The quantitative estimate of drug-likeness (QED) is 0.337. The molecule has 170 valence electrons. The highest BCUT2D eigenvalue weighted by molar-refractivity contribution is 7.15. The van der Waals surface area contributed by atoms with Gasteiger partial charge in [0.25, 0.3) is 5.56 Å². The first-order valence-electron chi connectivity index (χ1n) is 11.0. The molecule has 0 atom stereocenters. The summed E-state index contributed by atoms with van der Waals surface area (Å²) in [5.74, 6) is 1.87. The molecule has 0 aliphatic rings. The van der Waals surface area contributed by atoms with Crippen LogP contribution in [-0.2, 0) is 0 Å². The van der Waals surface area contributed by atoms with E-state index >= 15 is 0 Å². The van der Waals surface area contributed by atoms with Crippen molar-refractivity contribution in [2.45, 2.75) is 33.1 Å². The predicted octanol–water partition coefficient (Wildman–Crippen LogP) is 4.76. The smallest absolute Gasteiger partial charge is 0.291 e. The summed E-state index contributed by atoms with van der Waals surface area (Å²) in [6.07, 6.45) is 8.88. The third-order valence-electron chi connectivity index (χ3n) is 5.19. The summed E-state index contributed by atoms with van der Waals surface area (Å²) >= 11 is 1.32. The lowest BCUT2D eigenvalue weighted by Crippen LogP contribution is -2.23. The van der Waals surface area contributed by atoms with Gasteiger partial charge >= 0.3 is 0 Å². The van der Waals surface area contributed by atoms with Gasteiger partial charge in [-0.25, -0.2) is 0 Å². The summed E-state index contributed by atoms with van der Waals surface area (Å²) in [5.41, 5.74) is 2.94. The number of methoxy groups -OCH3 is 1. The maximum atomic E-state index is 12.8. The fourth-order valence-corrected chi connectivity index (χ4v) is 4.26. The van der Waals surface area contributed by atoms with Crippen LogP contribution in [0.1, 0.15) is 48.7 Å². The molecule has 0 spiro atoms. The van der Waals surface area contributed by atoms with Gasteiger partial charge in [0.15, 0.2) is 17.3 Å². The molecule has 0 aliphatic carbocycles. The average molecular weight is 462 g/mol. The lowest BCUT2D eigenvalue weighted by Gasteiger charge is -2.11. The fourth-order valence-electron chi connectivity index (χ4n) is 3.35. The zero-order valence-corrected chi connectivity index (χ0v) is 19.9. The van der Waals surface area contributed by atoms with E-state index < -0.39 is 0 Å². The van der Waals surface area contributed by atoms with Crippen LogP contribution in [0.15, 0.2) is 47.3 Å². The zero-order valence-electron chi connectivity index (χ0n) is 19.1. The van der Waals surface area contributed by atoms with E-state index in [1.54, 1.807) is 7.11 Å². The molecular formula is C26H27N3O3S. The number of nitrogens with zero attached hydrogens (tertiary/aromatic N) is 3.